The van der Waals surface area contributed by atoms with Gasteiger partial charge in [-0.3, -0.25) is 4.79 Å². The average molecular weight is 227 g/mol. The number of aliphatic hydroxyl groups is 1. The van der Waals surface area contributed by atoms with Gasteiger partial charge in [-0.05, 0) is 18.6 Å². The molecule has 1 aromatic carbocycles. The Morgan fingerprint density at radius 1 is 1.56 bits per heavy atom. The Labute approximate surface area is 93.0 Å². The van der Waals surface area contributed by atoms with Gasteiger partial charge in [-0.1, -0.05) is 6.07 Å². The molecule has 0 bridgehead atoms. The Morgan fingerprint density at radius 3 is 2.94 bits per heavy atom. The van der Waals surface area contributed by atoms with E-state index in [1.165, 1.54) is 25.3 Å². The molecule has 0 aliphatic rings. The number of aliphatic hydroxyl groups excluding tert-OH is 1. The van der Waals surface area contributed by atoms with E-state index in [9.17, 15) is 9.18 Å². The van der Waals surface area contributed by atoms with Gasteiger partial charge in [-0.15, -0.1) is 0 Å². The van der Waals surface area contributed by atoms with Crippen molar-refractivity contribution in [2.24, 2.45) is 0 Å². The van der Waals surface area contributed by atoms with Crippen LogP contribution in [0.5, 0.6) is 5.75 Å². The lowest BCUT2D eigenvalue weighted by molar-refractivity contribution is 0.0944. The second kappa shape index (κ2) is 6.07. The molecule has 88 valence electrons. The van der Waals surface area contributed by atoms with Gasteiger partial charge in [0, 0.05) is 13.2 Å². The van der Waals surface area contributed by atoms with E-state index in [0.29, 0.717) is 13.0 Å². The minimum absolute atomic E-state index is 0.0192. The lowest BCUT2D eigenvalue weighted by Crippen LogP contribution is -2.26. The zero-order valence-corrected chi connectivity index (χ0v) is 9.00. The zero-order chi connectivity index (χ0) is 12.0. The summed E-state index contributed by atoms with van der Waals surface area (Å²) in [4.78, 5) is 11.6. The summed E-state index contributed by atoms with van der Waals surface area (Å²) in [5.74, 6) is -0.967. The van der Waals surface area contributed by atoms with Crippen LogP contribution < -0.4 is 10.1 Å². The summed E-state index contributed by atoms with van der Waals surface area (Å²) >= 11 is 0. The number of carbonyl (C=O) groups is 1. The van der Waals surface area contributed by atoms with Crippen LogP contribution in [0.15, 0.2) is 18.2 Å². The predicted octanol–water partition coefficient (Wildman–Crippen LogP) is 0.946. The number of methoxy groups -OCH3 is 1. The van der Waals surface area contributed by atoms with Crippen LogP contribution in [-0.4, -0.2) is 31.3 Å². The van der Waals surface area contributed by atoms with Crippen LogP contribution in [-0.2, 0) is 0 Å². The van der Waals surface area contributed by atoms with Crippen molar-refractivity contribution in [1.82, 2.24) is 5.32 Å². The van der Waals surface area contributed by atoms with E-state index in [4.69, 9.17) is 9.84 Å². The van der Waals surface area contributed by atoms with E-state index in [1.807, 2.05) is 0 Å². The van der Waals surface area contributed by atoms with Crippen LogP contribution in [0.3, 0.4) is 0 Å². The smallest absolute Gasteiger partial charge is 0.258 e. The van der Waals surface area contributed by atoms with E-state index < -0.39 is 11.7 Å². The summed E-state index contributed by atoms with van der Waals surface area (Å²) in [7, 11) is 1.37. The van der Waals surface area contributed by atoms with Crippen LogP contribution in [0.4, 0.5) is 4.39 Å². The van der Waals surface area contributed by atoms with Crippen LogP contribution in [0.25, 0.3) is 0 Å². The average Bonchev–Trinajstić information content (AvgIpc) is 2.28. The summed E-state index contributed by atoms with van der Waals surface area (Å²) in [6.07, 6.45) is 0.433. The lowest BCUT2D eigenvalue weighted by Gasteiger charge is -2.09. The first-order valence-corrected chi connectivity index (χ1v) is 4.92. The van der Waals surface area contributed by atoms with Crippen molar-refractivity contribution >= 4 is 5.91 Å². The number of carbonyl (C=O) groups excluding carboxylic acids is 1. The first kappa shape index (κ1) is 12.4. The normalized spacial score (nSPS) is 9.94. The zero-order valence-electron chi connectivity index (χ0n) is 9.00. The van der Waals surface area contributed by atoms with Gasteiger partial charge >= 0.3 is 0 Å². The van der Waals surface area contributed by atoms with Crippen LogP contribution in [0.1, 0.15) is 16.8 Å². The molecule has 0 atom stereocenters. The molecule has 2 N–H and O–H groups in total. The van der Waals surface area contributed by atoms with Gasteiger partial charge in [0.15, 0.2) is 0 Å². The number of hydrogen-bond donors (Lipinski definition) is 2. The van der Waals surface area contributed by atoms with Crippen molar-refractivity contribution in [3.63, 3.8) is 0 Å². The molecule has 1 amide bonds. The molecular formula is C11H14FNO3. The highest BCUT2D eigenvalue weighted by molar-refractivity contribution is 5.97. The molecule has 16 heavy (non-hydrogen) atoms. The van der Waals surface area contributed by atoms with E-state index in [-0.39, 0.29) is 17.9 Å². The summed E-state index contributed by atoms with van der Waals surface area (Å²) in [5, 5.41) is 11.1. The summed E-state index contributed by atoms with van der Waals surface area (Å²) in [6, 6.07) is 4.19. The number of halogens is 1. The number of ether oxygens (including phenoxy) is 1. The molecule has 0 aromatic heterocycles. The molecule has 4 nitrogen and oxygen atoms in total. The van der Waals surface area contributed by atoms with Gasteiger partial charge in [-0.2, -0.15) is 0 Å². The summed E-state index contributed by atoms with van der Waals surface area (Å²) < 4.78 is 18.3. The van der Waals surface area contributed by atoms with Crippen molar-refractivity contribution in [1.29, 1.82) is 0 Å². The third-order valence-corrected chi connectivity index (χ3v) is 2.04. The standard InChI is InChI=1S/C11H14FNO3/c1-16-9-5-2-4-8(12)10(9)11(15)13-6-3-7-14/h2,4-5,14H,3,6-7H2,1H3,(H,13,15). The molecule has 0 saturated heterocycles. The molecule has 0 aliphatic carbocycles. The fourth-order valence-electron chi connectivity index (χ4n) is 1.26. The highest BCUT2D eigenvalue weighted by atomic mass is 19.1. The van der Waals surface area contributed by atoms with Gasteiger partial charge in [0.1, 0.15) is 17.1 Å². The SMILES string of the molecule is COc1cccc(F)c1C(=O)NCCCO. The van der Waals surface area contributed by atoms with E-state index in [0.717, 1.165) is 0 Å². The van der Waals surface area contributed by atoms with Crippen LogP contribution in [0.2, 0.25) is 0 Å². The van der Waals surface area contributed by atoms with E-state index >= 15 is 0 Å². The largest absolute Gasteiger partial charge is 0.496 e. The van der Waals surface area contributed by atoms with Crippen LogP contribution in [0, 0.1) is 5.82 Å². The molecule has 5 heteroatoms. The molecule has 1 rings (SSSR count). The molecule has 0 fully saturated rings. The topological polar surface area (TPSA) is 58.6 Å². The molecule has 1 aromatic rings. The Balaban J connectivity index is 2.81. The number of amides is 1. The van der Waals surface area contributed by atoms with Crippen molar-refractivity contribution in [2.75, 3.05) is 20.3 Å². The third kappa shape index (κ3) is 2.93. The summed E-state index contributed by atoms with van der Waals surface area (Å²) in [5.41, 5.74) is -0.108. The van der Waals surface area contributed by atoms with Gasteiger partial charge in [0.2, 0.25) is 0 Å². The Kier molecular flexibility index (Phi) is 4.72. The van der Waals surface area contributed by atoms with Crippen molar-refractivity contribution in [3.8, 4) is 5.75 Å². The quantitative estimate of drug-likeness (QED) is 0.736. The Bertz CT molecular complexity index is 368. The molecule has 0 spiro atoms. The molecule has 0 aliphatic heterocycles. The second-order valence-corrected chi connectivity index (χ2v) is 3.15. The number of benzene rings is 1. The molecule has 0 heterocycles. The monoisotopic (exact) mass is 227 g/mol. The molecule has 0 unspecified atom stereocenters. The summed E-state index contributed by atoms with van der Waals surface area (Å²) in [6.45, 7) is 0.279. The third-order valence-electron chi connectivity index (χ3n) is 2.04. The predicted molar refractivity (Wildman–Crippen MR) is 57.0 cm³/mol. The van der Waals surface area contributed by atoms with Crippen LogP contribution >= 0.6 is 0 Å². The van der Waals surface area contributed by atoms with Gasteiger partial charge < -0.3 is 15.2 Å². The van der Waals surface area contributed by atoms with Gasteiger partial charge in [0.05, 0.1) is 7.11 Å². The maximum atomic E-state index is 13.4. The fourth-order valence-corrected chi connectivity index (χ4v) is 1.26. The first-order valence-electron chi connectivity index (χ1n) is 4.92. The fraction of sp³-hybridized carbons (Fsp3) is 0.364. The highest BCUT2D eigenvalue weighted by Gasteiger charge is 2.16. The van der Waals surface area contributed by atoms with Crippen molar-refractivity contribution in [2.45, 2.75) is 6.42 Å². The molecule has 0 saturated carbocycles. The second-order valence-electron chi connectivity index (χ2n) is 3.15. The van der Waals surface area contributed by atoms with Gasteiger partial charge in [0.25, 0.3) is 5.91 Å². The van der Waals surface area contributed by atoms with E-state index in [1.54, 1.807) is 0 Å². The maximum Gasteiger partial charge on any atom is 0.258 e. The Hall–Kier alpha value is -1.62. The number of nitrogens with one attached hydrogen (secondary N) is 1. The van der Waals surface area contributed by atoms with Crippen molar-refractivity contribution in [3.05, 3.63) is 29.6 Å². The minimum atomic E-state index is -0.624. The number of hydrogen-bond acceptors (Lipinski definition) is 3. The lowest BCUT2D eigenvalue weighted by atomic mass is 10.1. The van der Waals surface area contributed by atoms with Gasteiger partial charge in [-0.25, -0.2) is 4.39 Å². The van der Waals surface area contributed by atoms with Crippen molar-refractivity contribution < 1.29 is 19.0 Å². The Morgan fingerprint density at radius 2 is 2.31 bits per heavy atom. The minimum Gasteiger partial charge on any atom is -0.496 e. The molecule has 0 radical (unpaired) electrons. The molecular weight excluding hydrogens is 213 g/mol. The van der Waals surface area contributed by atoms with E-state index in [2.05, 4.69) is 5.32 Å². The maximum absolute atomic E-state index is 13.4. The highest BCUT2D eigenvalue weighted by Crippen LogP contribution is 2.20. The first-order chi connectivity index (χ1) is 7.70. The number of rotatable bonds is 5.